The first-order valence-electron chi connectivity index (χ1n) is 6.43. The minimum Gasteiger partial charge on any atom is -0.378 e. The monoisotopic (exact) mass is 288 g/mol. The molecule has 1 fully saturated rings. The zero-order valence-corrected chi connectivity index (χ0v) is 10.7. The summed E-state index contributed by atoms with van der Waals surface area (Å²) in [6, 6.07) is 0.108. The average molecular weight is 288 g/mol. The van der Waals surface area contributed by atoms with Crippen molar-refractivity contribution in [1.82, 2.24) is 14.9 Å². The fourth-order valence-electron chi connectivity index (χ4n) is 2.67. The van der Waals surface area contributed by atoms with Gasteiger partial charge >= 0.3 is 6.18 Å². The van der Waals surface area contributed by atoms with Crippen molar-refractivity contribution >= 4 is 0 Å². The zero-order chi connectivity index (χ0) is 14.3. The molecule has 3 rings (SSSR count). The number of hydrogen-bond acceptors (Lipinski definition) is 5. The van der Waals surface area contributed by atoms with Gasteiger partial charge in [0.1, 0.15) is 0 Å². The van der Waals surface area contributed by atoms with Crippen molar-refractivity contribution in [3.63, 3.8) is 0 Å². The first-order valence-corrected chi connectivity index (χ1v) is 6.43. The van der Waals surface area contributed by atoms with E-state index in [4.69, 9.17) is 10.5 Å². The average Bonchev–Trinajstić information content (AvgIpc) is 2.80. The highest BCUT2D eigenvalue weighted by molar-refractivity contribution is 5.23. The van der Waals surface area contributed by atoms with Crippen LogP contribution in [-0.4, -0.2) is 40.2 Å². The van der Waals surface area contributed by atoms with E-state index in [-0.39, 0.29) is 12.1 Å². The molecule has 0 saturated carbocycles. The molecule has 110 valence electrons. The molecule has 8 heteroatoms. The maximum absolute atomic E-state index is 12.6. The van der Waals surface area contributed by atoms with Crippen LogP contribution in [0.1, 0.15) is 23.5 Å². The molecule has 20 heavy (non-hydrogen) atoms. The number of nitrogens with zero attached hydrogens (tertiary/aromatic N) is 3. The van der Waals surface area contributed by atoms with Crippen LogP contribution >= 0.6 is 0 Å². The Morgan fingerprint density at radius 2 is 2.10 bits per heavy atom. The molecule has 2 aliphatic heterocycles. The van der Waals surface area contributed by atoms with E-state index in [0.717, 1.165) is 12.0 Å². The van der Waals surface area contributed by atoms with Gasteiger partial charge in [-0.25, -0.2) is 9.97 Å². The summed E-state index contributed by atoms with van der Waals surface area (Å²) in [4.78, 5) is 9.09. The summed E-state index contributed by atoms with van der Waals surface area (Å²) in [5.41, 5.74) is 7.05. The molecule has 2 N–H and O–H groups in total. The molecule has 1 aromatic rings. The lowest BCUT2D eigenvalue weighted by Gasteiger charge is -2.33. The van der Waals surface area contributed by atoms with Crippen molar-refractivity contribution in [2.24, 2.45) is 5.73 Å². The first-order chi connectivity index (χ1) is 9.43. The Labute approximate surface area is 113 Å². The second-order valence-electron chi connectivity index (χ2n) is 5.26. The van der Waals surface area contributed by atoms with Gasteiger partial charge in [0.05, 0.1) is 18.9 Å². The van der Waals surface area contributed by atoms with Crippen LogP contribution < -0.4 is 5.73 Å². The van der Waals surface area contributed by atoms with E-state index >= 15 is 0 Å². The standard InChI is InChI=1S/C12H15F3N4O/c13-12(14,15)11-17-2-7-3-19(4-10(7)18-11)9-1-8(16)5-20-6-9/h2,8-9H,1,3-6,16H2/t8-,9+/m0/s1. The highest BCUT2D eigenvalue weighted by Crippen LogP contribution is 2.30. The summed E-state index contributed by atoms with van der Waals surface area (Å²) in [7, 11) is 0. The highest BCUT2D eigenvalue weighted by atomic mass is 19.4. The number of ether oxygens (including phenoxy) is 1. The van der Waals surface area contributed by atoms with Crippen LogP contribution in [0.2, 0.25) is 0 Å². The van der Waals surface area contributed by atoms with Gasteiger partial charge in [-0.15, -0.1) is 0 Å². The van der Waals surface area contributed by atoms with Crippen molar-refractivity contribution in [2.75, 3.05) is 13.2 Å². The molecule has 3 heterocycles. The van der Waals surface area contributed by atoms with Crippen molar-refractivity contribution in [3.05, 3.63) is 23.3 Å². The molecule has 0 radical (unpaired) electrons. The van der Waals surface area contributed by atoms with Crippen LogP contribution in [0.25, 0.3) is 0 Å². The SMILES string of the molecule is N[C@@H]1COC[C@H](N2Cc3cnc(C(F)(F)F)nc3C2)C1. The number of hydrogen-bond donors (Lipinski definition) is 1. The van der Waals surface area contributed by atoms with Crippen molar-refractivity contribution in [1.29, 1.82) is 0 Å². The van der Waals surface area contributed by atoms with Gasteiger partial charge in [-0.1, -0.05) is 0 Å². The van der Waals surface area contributed by atoms with Crippen molar-refractivity contribution < 1.29 is 17.9 Å². The fourth-order valence-corrected chi connectivity index (χ4v) is 2.67. The largest absolute Gasteiger partial charge is 0.451 e. The summed E-state index contributed by atoms with van der Waals surface area (Å²) in [6.45, 7) is 2.03. The van der Waals surface area contributed by atoms with Crippen LogP contribution in [0.5, 0.6) is 0 Å². The van der Waals surface area contributed by atoms with Gasteiger partial charge in [-0.2, -0.15) is 13.2 Å². The lowest BCUT2D eigenvalue weighted by atomic mass is 10.1. The predicted octanol–water partition coefficient (Wildman–Crippen LogP) is 0.927. The summed E-state index contributed by atoms with van der Waals surface area (Å²) < 4.78 is 43.2. The third-order valence-corrected chi connectivity index (χ3v) is 3.67. The van der Waals surface area contributed by atoms with Gasteiger partial charge in [0, 0.05) is 36.9 Å². The quantitative estimate of drug-likeness (QED) is 0.833. The second-order valence-corrected chi connectivity index (χ2v) is 5.26. The van der Waals surface area contributed by atoms with E-state index in [0.29, 0.717) is 32.0 Å². The molecule has 5 nitrogen and oxygen atoms in total. The first kappa shape index (κ1) is 13.7. The number of halogens is 3. The van der Waals surface area contributed by atoms with Crippen molar-refractivity contribution in [3.8, 4) is 0 Å². The Bertz CT molecular complexity index is 508. The van der Waals surface area contributed by atoms with Crippen LogP contribution in [0, 0.1) is 0 Å². The predicted molar refractivity (Wildman–Crippen MR) is 63.5 cm³/mol. The van der Waals surface area contributed by atoms with Gasteiger partial charge in [0.25, 0.3) is 0 Å². The Kier molecular flexibility index (Phi) is 3.39. The topological polar surface area (TPSA) is 64.3 Å². The number of aromatic nitrogens is 2. The molecule has 1 aromatic heterocycles. The maximum Gasteiger partial charge on any atom is 0.451 e. The Balaban J connectivity index is 1.75. The molecule has 2 aliphatic rings. The van der Waals surface area contributed by atoms with Gasteiger partial charge < -0.3 is 10.5 Å². The fraction of sp³-hybridized carbons (Fsp3) is 0.667. The van der Waals surface area contributed by atoms with Gasteiger partial charge in [-0.05, 0) is 6.42 Å². The lowest BCUT2D eigenvalue weighted by Crippen LogP contribution is -2.46. The second kappa shape index (κ2) is 4.94. The molecule has 2 atom stereocenters. The minimum atomic E-state index is -4.50. The smallest absolute Gasteiger partial charge is 0.378 e. The molecular formula is C12H15F3N4O. The van der Waals surface area contributed by atoms with Crippen LogP contribution in [0.4, 0.5) is 13.2 Å². The van der Waals surface area contributed by atoms with Gasteiger partial charge in [0.15, 0.2) is 0 Å². The minimum absolute atomic E-state index is 0.0192. The molecule has 1 saturated heterocycles. The van der Waals surface area contributed by atoms with Crippen molar-refractivity contribution in [2.45, 2.75) is 37.8 Å². The van der Waals surface area contributed by atoms with Crippen LogP contribution in [-0.2, 0) is 24.0 Å². The van der Waals surface area contributed by atoms with E-state index in [1.165, 1.54) is 6.20 Å². The molecular weight excluding hydrogens is 273 g/mol. The molecule has 0 unspecified atom stereocenters. The third kappa shape index (κ3) is 2.63. The summed E-state index contributed by atoms with van der Waals surface area (Å²) in [5, 5.41) is 0. The molecule has 0 aliphatic carbocycles. The number of fused-ring (bicyclic) bond motifs is 1. The Hall–Kier alpha value is -1.25. The van der Waals surface area contributed by atoms with E-state index < -0.39 is 12.0 Å². The molecule has 0 bridgehead atoms. The number of nitrogens with two attached hydrogens (primary N) is 1. The molecule has 0 amide bonds. The van der Waals surface area contributed by atoms with Gasteiger partial charge in [-0.3, -0.25) is 4.90 Å². The van der Waals surface area contributed by atoms with E-state index in [1.807, 2.05) is 0 Å². The zero-order valence-electron chi connectivity index (χ0n) is 10.7. The lowest BCUT2D eigenvalue weighted by molar-refractivity contribution is -0.145. The van der Waals surface area contributed by atoms with E-state index in [9.17, 15) is 13.2 Å². The maximum atomic E-state index is 12.6. The summed E-state index contributed by atoms with van der Waals surface area (Å²) in [5.74, 6) is -1.07. The van der Waals surface area contributed by atoms with Gasteiger partial charge in [0.2, 0.25) is 5.82 Å². The summed E-state index contributed by atoms with van der Waals surface area (Å²) in [6.07, 6.45) is -2.44. The van der Waals surface area contributed by atoms with E-state index in [1.54, 1.807) is 0 Å². The van der Waals surface area contributed by atoms with Crippen LogP contribution in [0.3, 0.4) is 0 Å². The Morgan fingerprint density at radius 3 is 2.80 bits per heavy atom. The summed E-state index contributed by atoms with van der Waals surface area (Å²) >= 11 is 0. The number of alkyl halides is 3. The Morgan fingerprint density at radius 1 is 1.30 bits per heavy atom. The molecule has 0 aromatic carbocycles. The normalized spacial score (nSPS) is 27.6. The van der Waals surface area contributed by atoms with Crippen LogP contribution in [0.15, 0.2) is 6.20 Å². The third-order valence-electron chi connectivity index (χ3n) is 3.67. The highest BCUT2D eigenvalue weighted by Gasteiger charge is 2.37. The van der Waals surface area contributed by atoms with E-state index in [2.05, 4.69) is 14.9 Å². The number of rotatable bonds is 1. The molecule has 0 spiro atoms.